The Morgan fingerprint density at radius 2 is 2.00 bits per heavy atom. The topological polar surface area (TPSA) is 48.1 Å². The first-order chi connectivity index (χ1) is 12.1. The zero-order valence-corrected chi connectivity index (χ0v) is 14.7. The molecule has 130 valence electrons. The summed E-state index contributed by atoms with van der Waals surface area (Å²) in [7, 11) is 1.94. The molecule has 2 aromatic heterocycles. The van der Waals surface area contributed by atoms with Gasteiger partial charge in [0.15, 0.2) is 0 Å². The summed E-state index contributed by atoms with van der Waals surface area (Å²) >= 11 is 0. The summed E-state index contributed by atoms with van der Waals surface area (Å²) in [5.74, 6) is 0. The van der Waals surface area contributed by atoms with Crippen LogP contribution in [-0.2, 0) is 23.9 Å². The first kappa shape index (κ1) is 16.1. The fourth-order valence-corrected chi connectivity index (χ4v) is 3.44. The van der Waals surface area contributed by atoms with E-state index in [0.717, 1.165) is 30.9 Å². The van der Waals surface area contributed by atoms with Crippen molar-refractivity contribution in [3.8, 4) is 5.69 Å². The van der Waals surface area contributed by atoms with E-state index in [4.69, 9.17) is 4.74 Å². The molecule has 0 radical (unpaired) electrons. The molecule has 3 aromatic rings. The molecule has 6 nitrogen and oxygen atoms in total. The minimum absolute atomic E-state index is 0.329. The fourth-order valence-electron chi connectivity index (χ4n) is 3.44. The average molecular weight is 337 g/mol. The summed E-state index contributed by atoms with van der Waals surface area (Å²) in [5, 5.41) is 8.79. The van der Waals surface area contributed by atoms with E-state index in [9.17, 15) is 0 Å². The summed E-state index contributed by atoms with van der Waals surface area (Å²) in [4.78, 5) is 2.42. The maximum atomic E-state index is 6.11. The van der Waals surface area contributed by atoms with Gasteiger partial charge in [0.1, 0.15) is 5.60 Å². The molecule has 1 unspecified atom stereocenters. The van der Waals surface area contributed by atoms with Gasteiger partial charge in [-0.2, -0.15) is 10.2 Å². The Morgan fingerprint density at radius 1 is 1.16 bits per heavy atom. The molecule has 1 saturated heterocycles. The highest BCUT2D eigenvalue weighted by molar-refractivity contribution is 5.32. The van der Waals surface area contributed by atoms with E-state index in [-0.39, 0.29) is 5.60 Å². The van der Waals surface area contributed by atoms with Gasteiger partial charge in [0.25, 0.3) is 0 Å². The Labute approximate surface area is 147 Å². The van der Waals surface area contributed by atoms with E-state index in [1.54, 1.807) is 0 Å². The van der Waals surface area contributed by atoms with Crippen LogP contribution >= 0.6 is 0 Å². The molecule has 0 amide bonds. The van der Waals surface area contributed by atoms with Crippen molar-refractivity contribution in [1.82, 2.24) is 24.5 Å². The molecule has 6 heteroatoms. The van der Waals surface area contributed by atoms with E-state index in [2.05, 4.69) is 40.2 Å². The van der Waals surface area contributed by atoms with Crippen LogP contribution in [-0.4, -0.2) is 44.2 Å². The second kappa shape index (κ2) is 6.46. The van der Waals surface area contributed by atoms with Crippen LogP contribution < -0.4 is 0 Å². The van der Waals surface area contributed by atoms with Crippen molar-refractivity contribution in [3.63, 3.8) is 0 Å². The molecule has 1 aliphatic heterocycles. The van der Waals surface area contributed by atoms with Gasteiger partial charge in [0.2, 0.25) is 0 Å². The lowest BCUT2D eigenvalue weighted by atomic mass is 9.97. The highest BCUT2D eigenvalue weighted by Gasteiger charge is 2.35. The summed E-state index contributed by atoms with van der Waals surface area (Å²) in [6.07, 6.45) is 5.80. The second-order valence-corrected chi connectivity index (χ2v) is 6.76. The van der Waals surface area contributed by atoms with Gasteiger partial charge in [-0.05, 0) is 25.1 Å². The van der Waals surface area contributed by atoms with Crippen LogP contribution in [0.15, 0.2) is 55.0 Å². The predicted molar refractivity (Wildman–Crippen MR) is 95.4 cm³/mol. The van der Waals surface area contributed by atoms with Crippen LogP contribution in [0.1, 0.15) is 18.2 Å². The van der Waals surface area contributed by atoms with Crippen LogP contribution in [0, 0.1) is 0 Å². The number of para-hydroxylation sites is 1. The number of aryl methyl sites for hydroxylation is 1. The van der Waals surface area contributed by atoms with Gasteiger partial charge in [-0.3, -0.25) is 9.58 Å². The SMILES string of the molecule is Cn1cc(C2(C)CN(Cc3ccnn3-c3ccccc3)CCO2)cn1. The molecule has 0 N–H and O–H groups in total. The van der Waals surface area contributed by atoms with Crippen molar-refractivity contribution in [3.05, 3.63) is 66.2 Å². The zero-order chi connectivity index (χ0) is 17.3. The highest BCUT2D eigenvalue weighted by Crippen LogP contribution is 2.29. The predicted octanol–water partition coefficient (Wildman–Crippen LogP) is 2.35. The number of hydrogen-bond acceptors (Lipinski definition) is 4. The maximum Gasteiger partial charge on any atom is 0.106 e. The molecule has 1 aliphatic rings. The Balaban J connectivity index is 1.53. The normalized spacial score (nSPS) is 21.5. The number of nitrogens with zero attached hydrogens (tertiary/aromatic N) is 5. The minimum atomic E-state index is -0.329. The quantitative estimate of drug-likeness (QED) is 0.733. The van der Waals surface area contributed by atoms with Crippen LogP contribution in [0.25, 0.3) is 5.69 Å². The lowest BCUT2D eigenvalue weighted by Crippen LogP contribution is -2.47. The Morgan fingerprint density at radius 3 is 2.76 bits per heavy atom. The van der Waals surface area contributed by atoms with E-state index in [1.165, 1.54) is 5.69 Å². The number of hydrogen-bond donors (Lipinski definition) is 0. The maximum absolute atomic E-state index is 6.11. The van der Waals surface area contributed by atoms with Gasteiger partial charge in [-0.1, -0.05) is 18.2 Å². The van der Waals surface area contributed by atoms with Crippen molar-refractivity contribution < 1.29 is 4.74 Å². The van der Waals surface area contributed by atoms with Gasteiger partial charge in [-0.25, -0.2) is 4.68 Å². The molecule has 0 spiro atoms. The van der Waals surface area contributed by atoms with Crippen molar-refractivity contribution in [1.29, 1.82) is 0 Å². The third-order valence-corrected chi connectivity index (χ3v) is 4.78. The molecule has 0 aliphatic carbocycles. The highest BCUT2D eigenvalue weighted by atomic mass is 16.5. The van der Waals surface area contributed by atoms with Crippen molar-refractivity contribution in [2.75, 3.05) is 19.7 Å². The summed E-state index contributed by atoms with van der Waals surface area (Å²) < 4.78 is 9.95. The molecular weight excluding hydrogens is 314 g/mol. The second-order valence-electron chi connectivity index (χ2n) is 6.76. The van der Waals surface area contributed by atoms with Gasteiger partial charge < -0.3 is 4.74 Å². The fraction of sp³-hybridized carbons (Fsp3) is 0.368. The third kappa shape index (κ3) is 3.23. The molecule has 0 bridgehead atoms. The molecular formula is C19H23N5O. The van der Waals surface area contributed by atoms with Crippen LogP contribution in [0.4, 0.5) is 0 Å². The molecule has 1 aromatic carbocycles. The van der Waals surface area contributed by atoms with Crippen LogP contribution in [0.2, 0.25) is 0 Å². The number of benzene rings is 1. The number of aromatic nitrogens is 4. The summed E-state index contributed by atoms with van der Waals surface area (Å²) in [6, 6.07) is 12.3. The number of rotatable bonds is 4. The van der Waals surface area contributed by atoms with Crippen molar-refractivity contribution in [2.24, 2.45) is 7.05 Å². The minimum Gasteiger partial charge on any atom is -0.368 e. The van der Waals surface area contributed by atoms with E-state index in [1.807, 2.05) is 53.2 Å². The zero-order valence-electron chi connectivity index (χ0n) is 14.7. The van der Waals surface area contributed by atoms with Crippen LogP contribution in [0.3, 0.4) is 0 Å². The Bertz CT molecular complexity index is 840. The monoisotopic (exact) mass is 337 g/mol. The van der Waals surface area contributed by atoms with Gasteiger partial charge in [0.05, 0.1) is 24.2 Å². The number of morpholine rings is 1. The molecule has 1 atom stereocenters. The molecule has 3 heterocycles. The van der Waals surface area contributed by atoms with Gasteiger partial charge in [0, 0.05) is 44.6 Å². The Hall–Kier alpha value is -2.44. The van der Waals surface area contributed by atoms with E-state index < -0.39 is 0 Å². The lowest BCUT2D eigenvalue weighted by Gasteiger charge is -2.40. The lowest BCUT2D eigenvalue weighted by molar-refractivity contribution is -0.105. The Kier molecular flexibility index (Phi) is 4.15. The summed E-state index contributed by atoms with van der Waals surface area (Å²) in [6.45, 7) is 5.44. The van der Waals surface area contributed by atoms with Gasteiger partial charge >= 0.3 is 0 Å². The van der Waals surface area contributed by atoms with Gasteiger partial charge in [-0.15, -0.1) is 0 Å². The summed E-state index contributed by atoms with van der Waals surface area (Å²) in [5.41, 5.74) is 3.06. The molecule has 1 fully saturated rings. The van der Waals surface area contributed by atoms with Crippen LogP contribution in [0.5, 0.6) is 0 Å². The van der Waals surface area contributed by atoms with E-state index in [0.29, 0.717) is 6.61 Å². The molecule has 4 rings (SSSR count). The smallest absolute Gasteiger partial charge is 0.106 e. The standard InChI is InChI=1S/C19H23N5O/c1-19(16-12-21-22(2)13-16)15-23(10-11-25-19)14-18-8-9-20-24(18)17-6-4-3-5-7-17/h3-9,12-13H,10-11,14-15H2,1-2H3. The van der Waals surface area contributed by atoms with Crippen molar-refractivity contribution in [2.45, 2.75) is 19.1 Å². The largest absolute Gasteiger partial charge is 0.368 e. The first-order valence-corrected chi connectivity index (χ1v) is 8.58. The average Bonchev–Trinajstić information content (AvgIpc) is 3.25. The van der Waals surface area contributed by atoms with Crippen molar-refractivity contribution >= 4 is 0 Å². The number of ether oxygens (including phenoxy) is 1. The first-order valence-electron chi connectivity index (χ1n) is 8.58. The molecule has 0 saturated carbocycles. The molecule has 25 heavy (non-hydrogen) atoms. The van der Waals surface area contributed by atoms with E-state index >= 15 is 0 Å². The third-order valence-electron chi connectivity index (χ3n) is 4.78.